The zero-order valence-electron chi connectivity index (χ0n) is 16.6. The maximum atomic E-state index is 12.5. The van der Waals surface area contributed by atoms with Crippen molar-refractivity contribution in [2.24, 2.45) is 5.92 Å². The fraction of sp³-hybridized carbons (Fsp3) is 0.619. The summed E-state index contributed by atoms with van der Waals surface area (Å²) in [6, 6.07) is 8.46. The van der Waals surface area contributed by atoms with Crippen molar-refractivity contribution in [3.8, 4) is 0 Å². The Kier molecular flexibility index (Phi) is 9.62. The van der Waals surface area contributed by atoms with Crippen LogP contribution in [0.25, 0.3) is 0 Å². The summed E-state index contributed by atoms with van der Waals surface area (Å²) in [5.74, 6) is 2.10. The molecule has 2 N–H and O–H groups in total. The minimum Gasteiger partial charge on any atom is -0.354 e. The minimum absolute atomic E-state index is 0. The molecular formula is C21H32ClN3O2S. The van der Waals surface area contributed by atoms with E-state index in [0.717, 1.165) is 51.1 Å². The Hall–Kier alpha value is -1.24. The smallest absolute Gasteiger partial charge is 0.237 e. The van der Waals surface area contributed by atoms with Crippen LogP contribution in [0, 0.1) is 12.8 Å². The highest BCUT2D eigenvalue weighted by molar-refractivity contribution is 7.99. The van der Waals surface area contributed by atoms with Gasteiger partial charge in [-0.1, -0.05) is 29.8 Å². The summed E-state index contributed by atoms with van der Waals surface area (Å²) in [6.07, 6.45) is 4.11. The van der Waals surface area contributed by atoms with Crippen LogP contribution in [0.4, 0.5) is 0 Å². The van der Waals surface area contributed by atoms with E-state index < -0.39 is 0 Å². The summed E-state index contributed by atoms with van der Waals surface area (Å²) in [7, 11) is 0. The quantitative estimate of drug-likeness (QED) is 0.705. The topological polar surface area (TPSA) is 61.4 Å². The summed E-state index contributed by atoms with van der Waals surface area (Å²) in [5.41, 5.74) is 2.52. The van der Waals surface area contributed by atoms with Crippen LogP contribution in [-0.2, 0) is 15.3 Å². The third-order valence-corrected chi connectivity index (χ3v) is 6.42. The van der Waals surface area contributed by atoms with Crippen LogP contribution in [0.3, 0.4) is 0 Å². The van der Waals surface area contributed by atoms with Gasteiger partial charge in [-0.2, -0.15) is 0 Å². The highest BCUT2D eigenvalue weighted by Crippen LogP contribution is 2.19. The van der Waals surface area contributed by atoms with Crippen molar-refractivity contribution in [1.82, 2.24) is 15.5 Å². The Morgan fingerprint density at radius 3 is 2.71 bits per heavy atom. The van der Waals surface area contributed by atoms with Crippen LogP contribution in [0.2, 0.25) is 0 Å². The summed E-state index contributed by atoms with van der Waals surface area (Å²) < 4.78 is 0. The number of amides is 2. The van der Waals surface area contributed by atoms with Crippen LogP contribution in [0.15, 0.2) is 24.3 Å². The number of nitrogens with one attached hydrogen (secondary N) is 2. The van der Waals surface area contributed by atoms with E-state index in [2.05, 4.69) is 41.8 Å². The monoisotopic (exact) mass is 425 g/mol. The molecule has 0 spiro atoms. The Morgan fingerprint density at radius 2 is 2.00 bits per heavy atom. The lowest BCUT2D eigenvalue weighted by Gasteiger charge is -2.33. The SMILES string of the molecule is Cc1ccc(CSCC(=O)N2CCCC(CNC(=O)C3CCCN3)C2)cc1.Cl. The van der Waals surface area contributed by atoms with E-state index >= 15 is 0 Å². The molecule has 0 radical (unpaired) electrons. The number of hydrogen-bond donors (Lipinski definition) is 2. The molecule has 2 amide bonds. The largest absolute Gasteiger partial charge is 0.354 e. The number of carbonyl (C=O) groups excluding carboxylic acids is 2. The Morgan fingerprint density at radius 1 is 1.21 bits per heavy atom. The molecule has 3 rings (SSSR count). The van der Waals surface area contributed by atoms with Gasteiger partial charge in [0.15, 0.2) is 0 Å². The van der Waals surface area contributed by atoms with Gasteiger partial charge < -0.3 is 15.5 Å². The van der Waals surface area contributed by atoms with Crippen LogP contribution in [0.1, 0.15) is 36.8 Å². The molecule has 2 fully saturated rings. The van der Waals surface area contributed by atoms with Crippen LogP contribution in [0.5, 0.6) is 0 Å². The molecule has 1 aromatic carbocycles. The normalized spacial score (nSPS) is 21.8. The number of carbonyl (C=O) groups is 2. The number of hydrogen-bond acceptors (Lipinski definition) is 4. The maximum absolute atomic E-state index is 12.5. The van der Waals surface area contributed by atoms with E-state index in [4.69, 9.17) is 0 Å². The summed E-state index contributed by atoms with van der Waals surface area (Å²) >= 11 is 1.68. The lowest BCUT2D eigenvalue weighted by Crippen LogP contribution is -2.47. The van der Waals surface area contributed by atoms with E-state index in [1.165, 1.54) is 11.1 Å². The average Bonchev–Trinajstić information content (AvgIpc) is 3.23. The minimum atomic E-state index is -0.0236. The first-order chi connectivity index (χ1) is 13.1. The van der Waals surface area contributed by atoms with Crippen LogP contribution < -0.4 is 10.6 Å². The van der Waals surface area contributed by atoms with E-state index in [0.29, 0.717) is 18.2 Å². The number of nitrogens with zero attached hydrogens (tertiary/aromatic N) is 1. The number of thioether (sulfide) groups is 1. The highest BCUT2D eigenvalue weighted by Gasteiger charge is 2.26. The number of likely N-dealkylation sites (tertiary alicyclic amines) is 1. The van der Waals surface area contributed by atoms with Gasteiger partial charge in [-0.15, -0.1) is 24.2 Å². The predicted octanol–water partition coefficient (Wildman–Crippen LogP) is 2.76. The molecular weight excluding hydrogens is 394 g/mol. The van der Waals surface area contributed by atoms with Gasteiger partial charge in [0.05, 0.1) is 11.8 Å². The molecule has 2 heterocycles. The van der Waals surface area contributed by atoms with Crippen molar-refractivity contribution in [2.45, 2.75) is 44.4 Å². The van der Waals surface area contributed by atoms with Crippen LogP contribution >= 0.6 is 24.2 Å². The summed E-state index contributed by atoms with van der Waals surface area (Å²) in [4.78, 5) is 26.7. The van der Waals surface area contributed by atoms with Gasteiger partial charge in [0.25, 0.3) is 0 Å². The molecule has 156 valence electrons. The van der Waals surface area contributed by atoms with E-state index in [1.807, 2.05) is 4.90 Å². The molecule has 5 nitrogen and oxygen atoms in total. The first-order valence-electron chi connectivity index (χ1n) is 10.0. The van der Waals surface area contributed by atoms with Gasteiger partial charge >= 0.3 is 0 Å². The second kappa shape index (κ2) is 11.7. The zero-order chi connectivity index (χ0) is 19.1. The second-order valence-electron chi connectivity index (χ2n) is 7.72. The Labute approximate surface area is 178 Å². The van der Waals surface area contributed by atoms with Crippen molar-refractivity contribution in [3.05, 3.63) is 35.4 Å². The molecule has 2 atom stereocenters. The molecule has 2 aliphatic heterocycles. The number of halogens is 1. The molecule has 0 saturated carbocycles. The second-order valence-corrected chi connectivity index (χ2v) is 8.71. The zero-order valence-corrected chi connectivity index (χ0v) is 18.2. The molecule has 0 aromatic heterocycles. The Bertz CT molecular complexity index is 635. The van der Waals surface area contributed by atoms with Crippen LogP contribution in [-0.4, -0.2) is 54.7 Å². The number of rotatable bonds is 7. The molecule has 2 unspecified atom stereocenters. The number of benzene rings is 1. The standard InChI is InChI=1S/C21H31N3O2S.ClH/c1-16-6-8-17(9-7-16)14-27-15-20(25)24-11-3-4-18(13-24)12-23-21(26)19-5-2-10-22-19;/h6-9,18-19,22H,2-5,10-15H2,1H3,(H,23,26);1H. The van der Waals surface area contributed by atoms with Gasteiger partial charge in [-0.05, 0) is 50.6 Å². The third-order valence-electron chi connectivity index (χ3n) is 5.43. The lowest BCUT2D eigenvalue weighted by atomic mass is 9.98. The van der Waals surface area contributed by atoms with Gasteiger partial charge in [-0.25, -0.2) is 0 Å². The van der Waals surface area contributed by atoms with Crippen molar-refractivity contribution in [2.75, 3.05) is 31.9 Å². The van der Waals surface area contributed by atoms with Crippen molar-refractivity contribution < 1.29 is 9.59 Å². The first-order valence-corrected chi connectivity index (χ1v) is 11.2. The van der Waals surface area contributed by atoms with E-state index in [1.54, 1.807) is 11.8 Å². The molecule has 0 bridgehead atoms. The van der Waals surface area contributed by atoms with Gasteiger partial charge in [0, 0.05) is 25.4 Å². The van der Waals surface area contributed by atoms with Crippen molar-refractivity contribution >= 4 is 36.0 Å². The summed E-state index contributed by atoms with van der Waals surface area (Å²) in [5, 5.41) is 6.31. The molecule has 28 heavy (non-hydrogen) atoms. The van der Waals surface area contributed by atoms with Crippen molar-refractivity contribution in [1.29, 1.82) is 0 Å². The number of aryl methyl sites for hydroxylation is 1. The average molecular weight is 426 g/mol. The first kappa shape index (κ1) is 23.0. The summed E-state index contributed by atoms with van der Waals surface area (Å²) in [6.45, 7) is 5.31. The van der Waals surface area contributed by atoms with Gasteiger partial charge in [0.1, 0.15) is 0 Å². The fourth-order valence-corrected chi connectivity index (χ4v) is 4.65. The molecule has 2 saturated heterocycles. The maximum Gasteiger partial charge on any atom is 0.237 e. The fourth-order valence-electron chi connectivity index (χ4n) is 3.77. The lowest BCUT2D eigenvalue weighted by molar-refractivity contribution is -0.130. The van der Waals surface area contributed by atoms with E-state index in [-0.39, 0.29) is 30.3 Å². The Balaban J connectivity index is 0.00000280. The van der Waals surface area contributed by atoms with E-state index in [9.17, 15) is 9.59 Å². The third kappa shape index (κ3) is 6.98. The molecule has 2 aliphatic rings. The van der Waals surface area contributed by atoms with Gasteiger partial charge in [0.2, 0.25) is 11.8 Å². The molecule has 0 aliphatic carbocycles. The predicted molar refractivity (Wildman–Crippen MR) is 118 cm³/mol. The molecule has 7 heteroatoms. The van der Waals surface area contributed by atoms with Gasteiger partial charge in [-0.3, -0.25) is 9.59 Å². The molecule has 1 aromatic rings. The number of piperidine rings is 1. The van der Waals surface area contributed by atoms with Crippen molar-refractivity contribution in [3.63, 3.8) is 0 Å². The highest BCUT2D eigenvalue weighted by atomic mass is 35.5.